The van der Waals surface area contributed by atoms with Crippen LogP contribution in [0.3, 0.4) is 0 Å². The lowest BCUT2D eigenvalue weighted by Crippen LogP contribution is -2.51. The van der Waals surface area contributed by atoms with E-state index in [4.69, 9.17) is 0 Å². The predicted octanol–water partition coefficient (Wildman–Crippen LogP) is 3.04. The third kappa shape index (κ3) is 4.60. The monoisotopic (exact) mass is 376 g/mol. The molecule has 4 nitrogen and oxygen atoms in total. The topological polar surface area (TPSA) is 40.6 Å². The van der Waals surface area contributed by atoms with Crippen LogP contribution in [0.25, 0.3) is 0 Å². The number of carbonyl (C=O) groups is 2. The Labute approximate surface area is 154 Å². The molecule has 1 fully saturated rings. The van der Waals surface area contributed by atoms with Crippen molar-refractivity contribution in [1.82, 2.24) is 9.80 Å². The summed E-state index contributed by atoms with van der Waals surface area (Å²) in [6, 6.07) is 11.6. The summed E-state index contributed by atoms with van der Waals surface area (Å²) in [4.78, 5) is 28.9. The maximum atomic E-state index is 13.3. The SMILES string of the molecule is O=C(CSc1ccc(F)cc1)N1CCN(C(=O)c2cccc(F)c2)CC1. The number of rotatable bonds is 4. The van der Waals surface area contributed by atoms with Crippen molar-refractivity contribution < 1.29 is 18.4 Å². The van der Waals surface area contributed by atoms with Crippen molar-refractivity contribution in [3.05, 3.63) is 65.7 Å². The smallest absolute Gasteiger partial charge is 0.254 e. The number of halogens is 2. The van der Waals surface area contributed by atoms with Crippen LogP contribution in [-0.2, 0) is 4.79 Å². The molecule has 1 saturated heterocycles. The summed E-state index contributed by atoms with van der Waals surface area (Å²) in [5.74, 6) is -0.722. The van der Waals surface area contributed by atoms with Crippen LogP contribution in [0.15, 0.2) is 53.4 Å². The van der Waals surface area contributed by atoms with Gasteiger partial charge in [0.1, 0.15) is 11.6 Å². The van der Waals surface area contributed by atoms with Crippen molar-refractivity contribution in [3.8, 4) is 0 Å². The van der Waals surface area contributed by atoms with Gasteiger partial charge in [0.05, 0.1) is 5.75 Å². The molecule has 0 N–H and O–H groups in total. The van der Waals surface area contributed by atoms with Crippen molar-refractivity contribution in [2.45, 2.75) is 4.90 Å². The summed E-state index contributed by atoms with van der Waals surface area (Å²) in [7, 11) is 0. The molecular weight excluding hydrogens is 358 g/mol. The quantitative estimate of drug-likeness (QED) is 0.770. The first-order valence-corrected chi connectivity index (χ1v) is 9.22. The maximum Gasteiger partial charge on any atom is 0.254 e. The lowest BCUT2D eigenvalue weighted by Gasteiger charge is -2.34. The molecule has 2 amide bonds. The Morgan fingerprint density at radius 2 is 1.54 bits per heavy atom. The average molecular weight is 376 g/mol. The van der Waals surface area contributed by atoms with Crippen molar-refractivity contribution >= 4 is 23.6 Å². The Bertz CT molecular complexity index is 790. The van der Waals surface area contributed by atoms with E-state index in [1.165, 1.54) is 42.1 Å². The molecule has 0 unspecified atom stereocenters. The first kappa shape index (κ1) is 18.4. The van der Waals surface area contributed by atoms with E-state index < -0.39 is 5.82 Å². The van der Waals surface area contributed by atoms with E-state index in [2.05, 4.69) is 0 Å². The lowest BCUT2D eigenvalue weighted by atomic mass is 10.1. The summed E-state index contributed by atoms with van der Waals surface area (Å²) in [5.41, 5.74) is 0.316. The molecule has 0 spiro atoms. The van der Waals surface area contributed by atoms with Gasteiger partial charge in [-0.1, -0.05) is 6.07 Å². The molecule has 0 aliphatic carbocycles. The lowest BCUT2D eigenvalue weighted by molar-refractivity contribution is -0.129. The number of thioether (sulfide) groups is 1. The van der Waals surface area contributed by atoms with Gasteiger partial charge in [0.2, 0.25) is 5.91 Å². The van der Waals surface area contributed by atoms with E-state index in [0.717, 1.165) is 4.90 Å². The fourth-order valence-corrected chi connectivity index (χ4v) is 3.53. The maximum absolute atomic E-state index is 13.3. The van der Waals surface area contributed by atoms with Crippen molar-refractivity contribution in [2.75, 3.05) is 31.9 Å². The van der Waals surface area contributed by atoms with Crippen molar-refractivity contribution in [1.29, 1.82) is 0 Å². The van der Waals surface area contributed by atoms with Gasteiger partial charge in [-0.15, -0.1) is 11.8 Å². The highest BCUT2D eigenvalue weighted by atomic mass is 32.2. The van der Waals surface area contributed by atoms with Gasteiger partial charge in [-0.25, -0.2) is 8.78 Å². The van der Waals surface area contributed by atoms with Crippen molar-refractivity contribution in [2.24, 2.45) is 0 Å². The summed E-state index contributed by atoms with van der Waals surface area (Å²) < 4.78 is 26.1. The van der Waals surface area contributed by atoms with Crippen LogP contribution in [-0.4, -0.2) is 53.5 Å². The second kappa shape index (κ2) is 8.31. The highest BCUT2D eigenvalue weighted by Crippen LogP contribution is 2.19. The Morgan fingerprint density at radius 1 is 0.885 bits per heavy atom. The number of nitrogens with zero attached hydrogens (tertiary/aromatic N) is 2. The van der Waals surface area contributed by atoms with Crippen LogP contribution in [0.4, 0.5) is 8.78 Å². The van der Waals surface area contributed by atoms with Crippen LogP contribution >= 0.6 is 11.8 Å². The number of amides is 2. The van der Waals surface area contributed by atoms with E-state index in [1.807, 2.05) is 0 Å². The number of carbonyl (C=O) groups excluding carboxylic acids is 2. The zero-order valence-electron chi connectivity index (χ0n) is 14.0. The molecule has 7 heteroatoms. The summed E-state index contributed by atoms with van der Waals surface area (Å²) >= 11 is 1.36. The molecule has 2 aromatic carbocycles. The molecule has 0 atom stereocenters. The summed E-state index contributed by atoms with van der Waals surface area (Å²) in [5, 5.41) is 0. The first-order chi connectivity index (χ1) is 12.5. The number of hydrogen-bond donors (Lipinski definition) is 0. The normalized spacial score (nSPS) is 14.4. The number of piperazine rings is 1. The molecule has 1 aliphatic heterocycles. The number of hydrogen-bond acceptors (Lipinski definition) is 3. The standard InChI is InChI=1S/C19H18F2N2O2S/c20-15-4-6-17(7-5-15)26-13-18(24)22-8-10-23(11-9-22)19(25)14-2-1-3-16(21)12-14/h1-7,12H,8-11,13H2. The molecule has 136 valence electrons. The van der Waals surface area contributed by atoms with Gasteiger partial charge in [0.25, 0.3) is 5.91 Å². The van der Waals surface area contributed by atoms with Crippen LogP contribution in [0.2, 0.25) is 0 Å². The Hall–Kier alpha value is -2.41. The number of benzene rings is 2. The van der Waals surface area contributed by atoms with Gasteiger partial charge in [-0.2, -0.15) is 0 Å². The van der Waals surface area contributed by atoms with E-state index in [-0.39, 0.29) is 23.4 Å². The molecule has 1 aliphatic rings. The largest absolute Gasteiger partial charge is 0.338 e. The molecule has 1 heterocycles. The molecule has 0 bridgehead atoms. The molecule has 0 saturated carbocycles. The molecule has 0 radical (unpaired) electrons. The molecular formula is C19H18F2N2O2S. The minimum absolute atomic E-state index is 0.0165. The van der Waals surface area contributed by atoms with Gasteiger partial charge in [-0.05, 0) is 42.5 Å². The molecule has 0 aromatic heterocycles. The Balaban J connectivity index is 1.49. The minimum Gasteiger partial charge on any atom is -0.338 e. The third-order valence-electron chi connectivity index (χ3n) is 4.17. The van der Waals surface area contributed by atoms with Gasteiger partial charge in [0.15, 0.2) is 0 Å². The zero-order valence-corrected chi connectivity index (χ0v) is 14.8. The Kier molecular flexibility index (Phi) is 5.88. The molecule has 2 aromatic rings. The highest BCUT2D eigenvalue weighted by molar-refractivity contribution is 8.00. The van der Waals surface area contributed by atoms with Gasteiger partial charge in [-0.3, -0.25) is 9.59 Å². The summed E-state index contributed by atoms with van der Waals surface area (Å²) in [6.07, 6.45) is 0. The minimum atomic E-state index is -0.442. The molecule has 3 rings (SSSR count). The third-order valence-corrected chi connectivity index (χ3v) is 5.16. The second-order valence-corrected chi connectivity index (χ2v) is 6.97. The van der Waals surface area contributed by atoms with Gasteiger partial charge < -0.3 is 9.80 Å². The summed E-state index contributed by atoms with van der Waals surface area (Å²) in [6.45, 7) is 1.73. The van der Waals surface area contributed by atoms with E-state index >= 15 is 0 Å². The van der Waals surface area contributed by atoms with Crippen LogP contribution < -0.4 is 0 Å². The van der Waals surface area contributed by atoms with Crippen LogP contribution in [0, 0.1) is 11.6 Å². The van der Waals surface area contributed by atoms with Gasteiger partial charge in [0, 0.05) is 36.6 Å². The second-order valence-electron chi connectivity index (χ2n) is 5.93. The zero-order chi connectivity index (χ0) is 18.5. The van der Waals surface area contributed by atoms with E-state index in [0.29, 0.717) is 31.7 Å². The average Bonchev–Trinajstić information content (AvgIpc) is 2.67. The Morgan fingerprint density at radius 3 is 2.19 bits per heavy atom. The highest BCUT2D eigenvalue weighted by Gasteiger charge is 2.24. The van der Waals surface area contributed by atoms with Gasteiger partial charge >= 0.3 is 0 Å². The van der Waals surface area contributed by atoms with Crippen molar-refractivity contribution in [3.63, 3.8) is 0 Å². The van der Waals surface area contributed by atoms with E-state index in [1.54, 1.807) is 28.0 Å². The molecule has 26 heavy (non-hydrogen) atoms. The van der Waals surface area contributed by atoms with Crippen LogP contribution in [0.1, 0.15) is 10.4 Å². The van der Waals surface area contributed by atoms with Crippen LogP contribution in [0.5, 0.6) is 0 Å². The predicted molar refractivity (Wildman–Crippen MR) is 96.0 cm³/mol. The fourth-order valence-electron chi connectivity index (χ4n) is 2.73. The fraction of sp³-hybridized carbons (Fsp3) is 0.263. The first-order valence-electron chi connectivity index (χ1n) is 8.24. The van der Waals surface area contributed by atoms with E-state index in [9.17, 15) is 18.4 Å².